The van der Waals surface area contributed by atoms with Gasteiger partial charge in [0.1, 0.15) is 4.90 Å². The van der Waals surface area contributed by atoms with Crippen LogP contribution >= 0.6 is 11.3 Å². The minimum atomic E-state index is -3.58. The highest BCUT2D eigenvalue weighted by Crippen LogP contribution is 2.25. The average Bonchev–Trinajstić information content (AvgIpc) is 3.08. The topological polar surface area (TPSA) is 72.0 Å². The summed E-state index contributed by atoms with van der Waals surface area (Å²) in [6.45, 7) is 0.179. The number of thiophene rings is 1. The molecule has 0 radical (unpaired) electrons. The fourth-order valence-corrected chi connectivity index (χ4v) is 3.70. The van der Waals surface area contributed by atoms with E-state index >= 15 is 0 Å². The number of sulfonamides is 1. The second-order valence-electron chi connectivity index (χ2n) is 4.50. The molecule has 22 heavy (non-hydrogen) atoms. The summed E-state index contributed by atoms with van der Waals surface area (Å²) in [6, 6.07) is 10.7. The third kappa shape index (κ3) is 3.22. The van der Waals surface area contributed by atoms with Crippen molar-refractivity contribution in [1.29, 1.82) is 0 Å². The van der Waals surface area contributed by atoms with Crippen LogP contribution in [-0.2, 0) is 16.6 Å². The van der Waals surface area contributed by atoms with Gasteiger partial charge in [-0.2, -0.15) is 0 Å². The summed E-state index contributed by atoms with van der Waals surface area (Å²) in [6.07, 6.45) is 4.56. The molecule has 3 aromatic heterocycles. The molecule has 3 rings (SSSR count). The Morgan fingerprint density at radius 2 is 1.95 bits per heavy atom. The Hall–Kier alpha value is -2.09. The normalized spacial score (nSPS) is 11.5. The summed E-state index contributed by atoms with van der Waals surface area (Å²) < 4.78 is 27.1. The maximum absolute atomic E-state index is 12.2. The highest BCUT2D eigenvalue weighted by atomic mass is 32.2. The number of rotatable bonds is 5. The van der Waals surface area contributed by atoms with Gasteiger partial charge < -0.3 is 0 Å². The fourth-order valence-electron chi connectivity index (χ4n) is 1.98. The van der Waals surface area contributed by atoms with E-state index in [-0.39, 0.29) is 11.4 Å². The molecule has 0 atom stereocenters. The Bertz CT molecular complexity index is 848. The lowest BCUT2D eigenvalue weighted by atomic mass is 10.2. The van der Waals surface area contributed by atoms with Crippen LogP contribution in [0.15, 0.2) is 65.3 Å². The number of nitrogens with one attached hydrogen (secondary N) is 1. The first-order chi connectivity index (χ1) is 10.7. The van der Waals surface area contributed by atoms with Crippen molar-refractivity contribution in [2.45, 2.75) is 11.4 Å². The molecule has 3 aromatic rings. The average molecular weight is 331 g/mol. The lowest BCUT2D eigenvalue weighted by Gasteiger charge is -2.09. The Labute approximate surface area is 132 Å². The van der Waals surface area contributed by atoms with E-state index < -0.39 is 10.0 Å². The van der Waals surface area contributed by atoms with Crippen molar-refractivity contribution >= 4 is 21.4 Å². The monoisotopic (exact) mass is 331 g/mol. The first kappa shape index (κ1) is 14.8. The fraction of sp³-hybridized carbons (Fsp3) is 0.0667. The molecule has 0 aliphatic heterocycles. The van der Waals surface area contributed by atoms with E-state index in [4.69, 9.17) is 0 Å². The molecule has 0 aliphatic carbocycles. The second-order valence-corrected chi connectivity index (χ2v) is 7.22. The highest BCUT2D eigenvalue weighted by Gasteiger charge is 2.15. The number of hydrogen-bond donors (Lipinski definition) is 1. The maximum atomic E-state index is 12.2. The lowest BCUT2D eigenvalue weighted by Crippen LogP contribution is -2.23. The minimum absolute atomic E-state index is 0.150. The van der Waals surface area contributed by atoms with Gasteiger partial charge in [-0.25, -0.2) is 13.1 Å². The van der Waals surface area contributed by atoms with Crippen LogP contribution in [0.25, 0.3) is 10.6 Å². The van der Waals surface area contributed by atoms with Gasteiger partial charge in [0.05, 0.1) is 10.6 Å². The number of hydrogen-bond acceptors (Lipinski definition) is 5. The Balaban J connectivity index is 1.83. The first-order valence-corrected chi connectivity index (χ1v) is 8.90. The van der Waals surface area contributed by atoms with Gasteiger partial charge in [0.2, 0.25) is 10.0 Å². The van der Waals surface area contributed by atoms with Gasteiger partial charge in [0.25, 0.3) is 0 Å². The predicted octanol–water partition coefficient (Wildman–Crippen LogP) is 2.68. The zero-order valence-corrected chi connectivity index (χ0v) is 13.1. The summed E-state index contributed by atoms with van der Waals surface area (Å²) in [4.78, 5) is 9.35. The van der Waals surface area contributed by atoms with Gasteiger partial charge in [-0.3, -0.25) is 9.97 Å². The van der Waals surface area contributed by atoms with Crippen molar-refractivity contribution in [3.8, 4) is 10.6 Å². The van der Waals surface area contributed by atoms with Crippen molar-refractivity contribution < 1.29 is 8.42 Å². The van der Waals surface area contributed by atoms with Crippen LogP contribution in [0.5, 0.6) is 0 Å². The Morgan fingerprint density at radius 1 is 1.09 bits per heavy atom. The van der Waals surface area contributed by atoms with Gasteiger partial charge in [-0.05, 0) is 35.2 Å². The van der Waals surface area contributed by atoms with E-state index in [1.165, 1.54) is 18.5 Å². The van der Waals surface area contributed by atoms with E-state index in [0.29, 0.717) is 0 Å². The van der Waals surface area contributed by atoms with E-state index in [0.717, 1.165) is 16.1 Å². The zero-order valence-electron chi connectivity index (χ0n) is 11.5. The Morgan fingerprint density at radius 3 is 2.68 bits per heavy atom. The summed E-state index contributed by atoms with van der Waals surface area (Å²) >= 11 is 1.57. The SMILES string of the molecule is O=S(=O)(NCc1cccnc1-c1cccs1)c1cccnc1. The smallest absolute Gasteiger partial charge is 0.242 e. The molecule has 0 bridgehead atoms. The van der Waals surface area contributed by atoms with Crippen LogP contribution in [0, 0.1) is 0 Å². The number of pyridine rings is 2. The van der Waals surface area contributed by atoms with Crippen molar-refractivity contribution in [3.63, 3.8) is 0 Å². The third-order valence-corrected chi connectivity index (χ3v) is 5.31. The molecular formula is C15H13N3O2S2. The molecule has 112 valence electrons. The Kier molecular flexibility index (Phi) is 4.28. The molecule has 1 N–H and O–H groups in total. The van der Waals surface area contributed by atoms with E-state index in [1.807, 2.05) is 23.6 Å². The number of nitrogens with zero attached hydrogens (tertiary/aromatic N) is 2. The largest absolute Gasteiger partial charge is 0.263 e. The summed E-state index contributed by atoms with van der Waals surface area (Å²) in [5, 5.41) is 1.97. The predicted molar refractivity (Wildman–Crippen MR) is 85.8 cm³/mol. The molecule has 0 fully saturated rings. The van der Waals surface area contributed by atoms with Crippen LogP contribution in [0.1, 0.15) is 5.56 Å². The molecule has 0 spiro atoms. The molecule has 0 unspecified atom stereocenters. The molecule has 0 aromatic carbocycles. The van der Waals surface area contributed by atoms with Crippen molar-refractivity contribution in [1.82, 2.24) is 14.7 Å². The summed E-state index contributed by atoms with van der Waals surface area (Å²) in [5.74, 6) is 0. The standard InChI is InChI=1S/C15H13N3O2S2/c19-22(20,13-5-2-7-16-11-13)18-10-12-4-1-8-17-15(12)14-6-3-9-21-14/h1-9,11,18H,10H2. The lowest BCUT2D eigenvalue weighted by molar-refractivity contribution is 0.581. The summed E-state index contributed by atoms with van der Waals surface area (Å²) in [5.41, 5.74) is 1.63. The third-order valence-electron chi connectivity index (χ3n) is 3.04. The second kappa shape index (κ2) is 6.35. The van der Waals surface area contributed by atoms with Crippen molar-refractivity contribution in [3.05, 3.63) is 65.9 Å². The quantitative estimate of drug-likeness (QED) is 0.780. The highest BCUT2D eigenvalue weighted by molar-refractivity contribution is 7.89. The van der Waals surface area contributed by atoms with Crippen molar-refractivity contribution in [2.24, 2.45) is 0 Å². The first-order valence-electron chi connectivity index (χ1n) is 6.54. The number of aromatic nitrogens is 2. The van der Waals surface area contributed by atoms with Gasteiger partial charge in [-0.1, -0.05) is 12.1 Å². The van der Waals surface area contributed by atoms with Gasteiger partial charge in [0, 0.05) is 25.1 Å². The summed E-state index contributed by atoms with van der Waals surface area (Å²) in [7, 11) is -3.58. The molecule has 3 heterocycles. The molecule has 0 aliphatic rings. The van der Waals surface area contributed by atoms with Crippen LogP contribution in [0.3, 0.4) is 0 Å². The molecule has 0 amide bonds. The zero-order chi connectivity index (χ0) is 15.4. The van der Waals surface area contributed by atoms with E-state index in [1.54, 1.807) is 29.7 Å². The maximum Gasteiger partial charge on any atom is 0.242 e. The molecule has 5 nitrogen and oxygen atoms in total. The molecule has 0 saturated carbocycles. The molecular weight excluding hydrogens is 318 g/mol. The van der Waals surface area contributed by atoms with E-state index in [2.05, 4.69) is 14.7 Å². The van der Waals surface area contributed by atoms with Gasteiger partial charge in [0.15, 0.2) is 0 Å². The van der Waals surface area contributed by atoms with Crippen molar-refractivity contribution in [2.75, 3.05) is 0 Å². The van der Waals surface area contributed by atoms with Crippen LogP contribution in [0.4, 0.5) is 0 Å². The van der Waals surface area contributed by atoms with Crippen LogP contribution < -0.4 is 4.72 Å². The van der Waals surface area contributed by atoms with E-state index in [9.17, 15) is 8.42 Å². The van der Waals surface area contributed by atoms with Gasteiger partial charge in [-0.15, -0.1) is 11.3 Å². The van der Waals surface area contributed by atoms with Crippen LogP contribution in [0.2, 0.25) is 0 Å². The molecule has 0 saturated heterocycles. The van der Waals surface area contributed by atoms with Gasteiger partial charge >= 0.3 is 0 Å². The minimum Gasteiger partial charge on any atom is -0.263 e. The van der Waals surface area contributed by atoms with Crippen LogP contribution in [-0.4, -0.2) is 18.4 Å². The molecule has 7 heteroatoms.